The number of amides is 1. The molecule has 0 spiro atoms. The predicted molar refractivity (Wildman–Crippen MR) is 104 cm³/mol. The molecule has 0 aliphatic heterocycles. The van der Waals surface area contributed by atoms with E-state index < -0.39 is 5.97 Å². The molecule has 1 aliphatic carbocycles. The number of nitrogens with one attached hydrogen (secondary N) is 1. The number of carbonyl (C=O) groups is 2. The minimum atomic E-state index is -0.583. The van der Waals surface area contributed by atoms with Gasteiger partial charge in [-0.25, -0.2) is 4.79 Å². The summed E-state index contributed by atoms with van der Waals surface area (Å²) in [6.07, 6.45) is 6.13. The van der Waals surface area contributed by atoms with Gasteiger partial charge in [0.1, 0.15) is 0 Å². The van der Waals surface area contributed by atoms with Crippen LogP contribution in [-0.4, -0.2) is 38.7 Å². The van der Waals surface area contributed by atoms with Crippen molar-refractivity contribution >= 4 is 18.0 Å². The van der Waals surface area contributed by atoms with Crippen molar-refractivity contribution in [3.63, 3.8) is 0 Å². The molecule has 0 heterocycles. The number of para-hydroxylation sites is 1. The van der Waals surface area contributed by atoms with Gasteiger partial charge in [-0.3, -0.25) is 4.79 Å². The molecule has 2 rings (SSSR count). The molecular formula is C21H29NO5. The van der Waals surface area contributed by atoms with E-state index in [9.17, 15) is 9.59 Å². The number of hydrogen-bond acceptors (Lipinski definition) is 5. The number of hydrogen-bond donors (Lipinski definition) is 1. The summed E-state index contributed by atoms with van der Waals surface area (Å²) in [6.45, 7) is 4.09. The quantitative estimate of drug-likeness (QED) is 0.585. The second kappa shape index (κ2) is 10.00. The number of esters is 1. The summed E-state index contributed by atoms with van der Waals surface area (Å²) in [5.74, 6) is 1.28. The van der Waals surface area contributed by atoms with Crippen LogP contribution in [0.4, 0.5) is 0 Å². The van der Waals surface area contributed by atoms with Gasteiger partial charge in [-0.05, 0) is 30.4 Å². The number of methoxy groups -OCH3 is 2. The molecule has 1 aliphatic rings. The maximum atomic E-state index is 12.1. The lowest BCUT2D eigenvalue weighted by Crippen LogP contribution is -2.45. The molecule has 6 heteroatoms. The van der Waals surface area contributed by atoms with Crippen LogP contribution in [0.15, 0.2) is 24.3 Å². The van der Waals surface area contributed by atoms with E-state index in [-0.39, 0.29) is 18.6 Å². The molecule has 0 unspecified atom stereocenters. The Kier molecular flexibility index (Phi) is 7.70. The Hall–Kier alpha value is -2.50. The molecule has 0 radical (unpaired) electrons. The molecule has 3 atom stereocenters. The Labute approximate surface area is 160 Å². The molecular weight excluding hydrogens is 346 g/mol. The first kappa shape index (κ1) is 20.8. The van der Waals surface area contributed by atoms with Gasteiger partial charge in [0.2, 0.25) is 0 Å². The molecule has 1 aromatic carbocycles. The van der Waals surface area contributed by atoms with Gasteiger partial charge in [0.25, 0.3) is 5.91 Å². The second-order valence-electron chi connectivity index (χ2n) is 6.97. The monoisotopic (exact) mass is 375 g/mol. The van der Waals surface area contributed by atoms with Crippen molar-refractivity contribution in [3.8, 4) is 11.5 Å². The van der Waals surface area contributed by atoms with Crippen molar-refractivity contribution in [2.45, 2.75) is 39.2 Å². The number of ether oxygens (including phenoxy) is 3. The van der Waals surface area contributed by atoms with Crippen LogP contribution in [0.1, 0.15) is 38.7 Å². The highest BCUT2D eigenvalue weighted by atomic mass is 16.5. The molecule has 0 aromatic heterocycles. The smallest absolute Gasteiger partial charge is 0.331 e. The van der Waals surface area contributed by atoms with Crippen LogP contribution in [0.25, 0.3) is 6.08 Å². The first-order chi connectivity index (χ1) is 13.0. The predicted octanol–water partition coefficient (Wildman–Crippen LogP) is 3.20. The fourth-order valence-corrected chi connectivity index (χ4v) is 3.42. The number of benzene rings is 1. The summed E-state index contributed by atoms with van der Waals surface area (Å²) in [5.41, 5.74) is 0.684. The standard InChI is InChI=1S/C21H29NO5/c1-14-7-5-9-17(15(14)2)22-19(23)13-27-20(24)12-11-16-8-6-10-18(25-3)21(16)26-4/h6,8,10-12,14-15,17H,5,7,9,13H2,1-4H3,(H,22,23)/b12-11+/t14-,15-,17+/m1/s1. The summed E-state index contributed by atoms with van der Waals surface area (Å²) in [5, 5.41) is 2.98. The van der Waals surface area contributed by atoms with E-state index in [4.69, 9.17) is 14.2 Å². The summed E-state index contributed by atoms with van der Waals surface area (Å²) in [4.78, 5) is 24.0. The highest BCUT2D eigenvalue weighted by Crippen LogP contribution is 2.31. The van der Waals surface area contributed by atoms with Crippen LogP contribution in [0.2, 0.25) is 0 Å². The SMILES string of the molecule is COc1cccc(/C=C/C(=O)OCC(=O)N[C@H]2CCC[C@@H](C)[C@H]2C)c1OC. The van der Waals surface area contributed by atoms with Gasteiger partial charge in [-0.15, -0.1) is 0 Å². The first-order valence-corrected chi connectivity index (χ1v) is 9.31. The van der Waals surface area contributed by atoms with Gasteiger partial charge >= 0.3 is 5.97 Å². The number of rotatable bonds is 7. The third-order valence-electron chi connectivity index (χ3n) is 5.23. The normalized spacial score (nSPS) is 22.3. The summed E-state index contributed by atoms with van der Waals surface area (Å²) >= 11 is 0. The Morgan fingerprint density at radius 3 is 2.67 bits per heavy atom. The second-order valence-corrected chi connectivity index (χ2v) is 6.97. The summed E-state index contributed by atoms with van der Waals surface area (Å²) in [6, 6.07) is 5.51. The van der Waals surface area contributed by atoms with E-state index in [2.05, 4.69) is 19.2 Å². The van der Waals surface area contributed by atoms with Gasteiger partial charge in [-0.2, -0.15) is 0 Å². The third-order valence-corrected chi connectivity index (χ3v) is 5.23. The van der Waals surface area contributed by atoms with Crippen LogP contribution in [0, 0.1) is 11.8 Å². The van der Waals surface area contributed by atoms with Crippen LogP contribution in [0.5, 0.6) is 11.5 Å². The van der Waals surface area contributed by atoms with Crippen LogP contribution < -0.4 is 14.8 Å². The molecule has 1 aromatic rings. The van der Waals surface area contributed by atoms with Gasteiger partial charge < -0.3 is 19.5 Å². The van der Waals surface area contributed by atoms with Crippen LogP contribution in [0.3, 0.4) is 0 Å². The highest BCUT2D eigenvalue weighted by molar-refractivity contribution is 5.90. The molecule has 1 N–H and O–H groups in total. The van der Waals surface area contributed by atoms with E-state index in [1.807, 2.05) is 0 Å². The van der Waals surface area contributed by atoms with Crippen molar-refractivity contribution in [1.82, 2.24) is 5.32 Å². The van der Waals surface area contributed by atoms with E-state index >= 15 is 0 Å². The lowest BCUT2D eigenvalue weighted by atomic mass is 9.78. The van der Waals surface area contributed by atoms with E-state index in [0.29, 0.717) is 28.9 Å². The highest BCUT2D eigenvalue weighted by Gasteiger charge is 2.28. The van der Waals surface area contributed by atoms with Crippen molar-refractivity contribution in [1.29, 1.82) is 0 Å². The lowest BCUT2D eigenvalue weighted by molar-refractivity contribution is -0.144. The molecule has 1 saturated carbocycles. The van der Waals surface area contributed by atoms with Gasteiger partial charge in [0.05, 0.1) is 14.2 Å². The van der Waals surface area contributed by atoms with Gasteiger partial charge in [0.15, 0.2) is 18.1 Å². The van der Waals surface area contributed by atoms with Crippen molar-refractivity contribution in [2.75, 3.05) is 20.8 Å². The molecule has 6 nitrogen and oxygen atoms in total. The van der Waals surface area contributed by atoms with E-state index in [1.165, 1.54) is 19.6 Å². The van der Waals surface area contributed by atoms with E-state index in [0.717, 1.165) is 12.8 Å². The molecule has 1 amide bonds. The fourth-order valence-electron chi connectivity index (χ4n) is 3.42. The minimum absolute atomic E-state index is 0.150. The zero-order chi connectivity index (χ0) is 19.8. The Bertz CT molecular complexity index is 685. The Balaban J connectivity index is 1.85. The van der Waals surface area contributed by atoms with Gasteiger partial charge in [0, 0.05) is 17.7 Å². The average molecular weight is 375 g/mol. The topological polar surface area (TPSA) is 73.9 Å². The average Bonchev–Trinajstić information content (AvgIpc) is 2.67. The molecule has 0 saturated heterocycles. The van der Waals surface area contributed by atoms with Crippen LogP contribution in [-0.2, 0) is 14.3 Å². The third kappa shape index (κ3) is 5.74. The zero-order valence-corrected chi connectivity index (χ0v) is 16.5. The lowest BCUT2D eigenvalue weighted by Gasteiger charge is -2.34. The van der Waals surface area contributed by atoms with Gasteiger partial charge in [-0.1, -0.05) is 38.8 Å². The molecule has 1 fully saturated rings. The van der Waals surface area contributed by atoms with Crippen LogP contribution >= 0.6 is 0 Å². The fraction of sp³-hybridized carbons (Fsp3) is 0.524. The van der Waals surface area contributed by atoms with Crippen molar-refractivity contribution in [2.24, 2.45) is 11.8 Å². The summed E-state index contributed by atoms with van der Waals surface area (Å²) in [7, 11) is 3.08. The van der Waals surface area contributed by atoms with Crippen molar-refractivity contribution < 1.29 is 23.8 Å². The Morgan fingerprint density at radius 2 is 1.96 bits per heavy atom. The maximum absolute atomic E-state index is 12.1. The largest absolute Gasteiger partial charge is 0.493 e. The van der Waals surface area contributed by atoms with Crippen molar-refractivity contribution in [3.05, 3.63) is 29.8 Å². The molecule has 148 valence electrons. The van der Waals surface area contributed by atoms with E-state index in [1.54, 1.807) is 31.4 Å². The molecule has 27 heavy (non-hydrogen) atoms. The zero-order valence-electron chi connectivity index (χ0n) is 16.5. The maximum Gasteiger partial charge on any atom is 0.331 e. The minimum Gasteiger partial charge on any atom is -0.493 e. The first-order valence-electron chi connectivity index (χ1n) is 9.31. The molecule has 0 bridgehead atoms. The Morgan fingerprint density at radius 1 is 1.19 bits per heavy atom. The summed E-state index contributed by atoms with van der Waals surface area (Å²) < 4.78 is 15.6. The number of carbonyl (C=O) groups excluding carboxylic acids is 2.